The average molecular weight is 336 g/mol. The predicted octanol–water partition coefficient (Wildman–Crippen LogP) is 3.75. The van der Waals surface area contributed by atoms with Gasteiger partial charge >= 0.3 is 0 Å². The molecule has 4 nitrogen and oxygen atoms in total. The molecule has 0 aliphatic heterocycles. The Morgan fingerprint density at radius 1 is 0.960 bits per heavy atom. The van der Waals surface area contributed by atoms with Crippen LogP contribution in [0.4, 0.5) is 13.2 Å². The Kier molecular flexibility index (Phi) is 3.32. The number of aromatic nitrogens is 3. The van der Waals surface area contributed by atoms with Crippen molar-refractivity contribution in [3.05, 3.63) is 77.1 Å². The summed E-state index contributed by atoms with van der Waals surface area (Å²) in [5, 5.41) is 9.60. The quantitative estimate of drug-likeness (QED) is 0.392. The van der Waals surface area contributed by atoms with Gasteiger partial charge < -0.3 is 0 Å². The van der Waals surface area contributed by atoms with Crippen LogP contribution in [0.3, 0.4) is 0 Å². The zero-order valence-corrected chi connectivity index (χ0v) is 12.5. The molecule has 3 heterocycles. The molecular formula is C18H7F3N4. The van der Waals surface area contributed by atoms with E-state index < -0.39 is 23.3 Å². The van der Waals surface area contributed by atoms with Gasteiger partial charge in [-0.1, -0.05) is 12.1 Å². The molecule has 0 spiro atoms. The van der Waals surface area contributed by atoms with Gasteiger partial charge in [0.25, 0.3) is 0 Å². The SMILES string of the molecule is N#CC(=C1c2cccnc2-c2ncccc21)c1nc(F)cc(F)c1F. The van der Waals surface area contributed by atoms with Crippen molar-refractivity contribution in [1.29, 1.82) is 5.26 Å². The first-order valence-electron chi connectivity index (χ1n) is 7.19. The molecule has 1 aliphatic rings. The smallest absolute Gasteiger partial charge is 0.216 e. The summed E-state index contributed by atoms with van der Waals surface area (Å²) in [7, 11) is 0. The molecule has 0 atom stereocenters. The van der Waals surface area contributed by atoms with Crippen LogP contribution < -0.4 is 0 Å². The maximum Gasteiger partial charge on any atom is 0.216 e. The van der Waals surface area contributed by atoms with Crippen LogP contribution in [-0.4, -0.2) is 15.0 Å². The molecule has 0 aromatic carbocycles. The molecule has 0 unspecified atom stereocenters. The minimum atomic E-state index is -1.41. The highest BCUT2D eigenvalue weighted by atomic mass is 19.2. The molecule has 3 aromatic heterocycles. The molecule has 25 heavy (non-hydrogen) atoms. The maximum atomic E-state index is 14.2. The number of fused-ring (bicyclic) bond motifs is 3. The van der Waals surface area contributed by atoms with Crippen LogP contribution >= 0.6 is 0 Å². The Hall–Kier alpha value is -3.53. The number of hydrogen-bond donors (Lipinski definition) is 0. The van der Waals surface area contributed by atoms with Gasteiger partial charge in [0.15, 0.2) is 11.6 Å². The summed E-state index contributed by atoms with van der Waals surface area (Å²) in [6, 6.07) is 8.82. The first-order valence-corrected chi connectivity index (χ1v) is 7.19. The number of pyridine rings is 3. The minimum absolute atomic E-state index is 0.281. The van der Waals surface area contributed by atoms with Crippen molar-refractivity contribution in [2.75, 3.05) is 0 Å². The summed E-state index contributed by atoms with van der Waals surface area (Å²) >= 11 is 0. The minimum Gasteiger partial charge on any atom is -0.254 e. The summed E-state index contributed by atoms with van der Waals surface area (Å²) < 4.78 is 41.3. The van der Waals surface area contributed by atoms with Gasteiger partial charge in [-0.2, -0.15) is 9.65 Å². The van der Waals surface area contributed by atoms with Gasteiger partial charge in [0, 0.05) is 35.2 Å². The van der Waals surface area contributed by atoms with Crippen LogP contribution in [0.5, 0.6) is 0 Å². The lowest BCUT2D eigenvalue weighted by molar-refractivity contribution is 0.475. The molecule has 4 rings (SSSR count). The van der Waals surface area contributed by atoms with Gasteiger partial charge in [0.1, 0.15) is 11.8 Å². The molecule has 3 aromatic rings. The summed E-state index contributed by atoms with van der Waals surface area (Å²) in [6.45, 7) is 0. The second-order valence-corrected chi connectivity index (χ2v) is 5.25. The molecule has 0 fully saturated rings. The standard InChI is InChI=1S/C18H7F3N4/c19-12-7-13(20)25-16(15(12)21)11(8-22)14-9-3-1-5-23-17(9)18-10(14)4-2-6-24-18/h1-7H. The third-order valence-electron chi connectivity index (χ3n) is 3.86. The first-order chi connectivity index (χ1) is 12.1. The van der Waals surface area contributed by atoms with Crippen molar-refractivity contribution in [2.24, 2.45) is 0 Å². The van der Waals surface area contributed by atoms with Crippen molar-refractivity contribution < 1.29 is 13.2 Å². The third kappa shape index (κ3) is 2.19. The van der Waals surface area contributed by atoms with Crippen molar-refractivity contribution in [3.63, 3.8) is 0 Å². The molecule has 0 radical (unpaired) electrons. The molecule has 1 aliphatic carbocycles. The monoisotopic (exact) mass is 336 g/mol. The van der Waals surface area contributed by atoms with Gasteiger partial charge in [-0.15, -0.1) is 0 Å². The highest BCUT2D eigenvalue weighted by Gasteiger charge is 2.30. The number of hydrogen-bond acceptors (Lipinski definition) is 4. The largest absolute Gasteiger partial charge is 0.254 e. The number of halogens is 3. The van der Waals surface area contributed by atoms with Gasteiger partial charge in [0.05, 0.1) is 17.0 Å². The van der Waals surface area contributed by atoms with Crippen LogP contribution in [0.2, 0.25) is 0 Å². The zero-order chi connectivity index (χ0) is 17.6. The van der Waals surface area contributed by atoms with Gasteiger partial charge in [-0.05, 0) is 12.1 Å². The Morgan fingerprint density at radius 2 is 1.56 bits per heavy atom. The molecule has 0 saturated heterocycles. The lowest BCUT2D eigenvalue weighted by Gasteiger charge is -2.08. The molecule has 7 heteroatoms. The Bertz CT molecular complexity index is 1050. The Labute approximate surface area is 139 Å². The number of nitriles is 1. The topological polar surface area (TPSA) is 62.5 Å². The molecule has 0 bridgehead atoms. The summed E-state index contributed by atoms with van der Waals surface area (Å²) in [6.07, 6.45) is 3.12. The van der Waals surface area contributed by atoms with E-state index in [4.69, 9.17) is 0 Å². The highest BCUT2D eigenvalue weighted by Crippen LogP contribution is 2.45. The van der Waals surface area contributed by atoms with E-state index in [0.717, 1.165) is 0 Å². The first kappa shape index (κ1) is 15.0. The maximum absolute atomic E-state index is 14.2. The molecule has 120 valence electrons. The van der Waals surface area contributed by atoms with E-state index in [-0.39, 0.29) is 5.57 Å². The molecule has 0 N–H and O–H groups in total. The third-order valence-corrected chi connectivity index (χ3v) is 3.86. The highest BCUT2D eigenvalue weighted by molar-refractivity contribution is 6.11. The Morgan fingerprint density at radius 3 is 2.12 bits per heavy atom. The fraction of sp³-hybridized carbons (Fsp3) is 0. The average Bonchev–Trinajstić information content (AvgIpc) is 2.95. The van der Waals surface area contributed by atoms with E-state index in [1.54, 1.807) is 36.7 Å². The van der Waals surface area contributed by atoms with Gasteiger partial charge in [-0.25, -0.2) is 13.8 Å². The van der Waals surface area contributed by atoms with E-state index in [9.17, 15) is 18.4 Å². The Balaban J connectivity index is 2.13. The van der Waals surface area contributed by atoms with E-state index in [1.165, 1.54) is 0 Å². The molecule has 0 amide bonds. The summed E-state index contributed by atoms with van der Waals surface area (Å²) in [5.41, 5.74) is 1.41. The van der Waals surface area contributed by atoms with Crippen molar-refractivity contribution in [3.8, 4) is 17.5 Å². The van der Waals surface area contributed by atoms with Crippen molar-refractivity contribution in [1.82, 2.24) is 15.0 Å². The predicted molar refractivity (Wildman–Crippen MR) is 83.1 cm³/mol. The van der Waals surface area contributed by atoms with E-state index in [2.05, 4.69) is 15.0 Å². The van der Waals surface area contributed by atoms with Crippen LogP contribution in [-0.2, 0) is 0 Å². The van der Waals surface area contributed by atoms with E-state index in [1.807, 2.05) is 6.07 Å². The zero-order valence-electron chi connectivity index (χ0n) is 12.5. The van der Waals surface area contributed by atoms with Crippen LogP contribution in [0, 0.1) is 28.9 Å². The van der Waals surface area contributed by atoms with Crippen LogP contribution in [0.25, 0.3) is 22.5 Å². The van der Waals surface area contributed by atoms with Crippen molar-refractivity contribution >= 4 is 11.1 Å². The van der Waals surface area contributed by atoms with Gasteiger partial charge in [0.2, 0.25) is 5.95 Å². The molecular weight excluding hydrogens is 329 g/mol. The number of allylic oxidation sites excluding steroid dienone is 1. The summed E-state index contributed by atoms with van der Waals surface area (Å²) in [5.74, 6) is -4.00. The van der Waals surface area contributed by atoms with Crippen LogP contribution in [0.15, 0.2) is 42.7 Å². The van der Waals surface area contributed by atoms with E-state index >= 15 is 0 Å². The van der Waals surface area contributed by atoms with E-state index in [0.29, 0.717) is 34.2 Å². The molecule has 0 saturated carbocycles. The van der Waals surface area contributed by atoms with Gasteiger partial charge in [-0.3, -0.25) is 9.97 Å². The lowest BCUT2D eigenvalue weighted by Crippen LogP contribution is -2.02. The normalized spacial score (nSPS) is 11.7. The number of rotatable bonds is 1. The van der Waals surface area contributed by atoms with Crippen molar-refractivity contribution in [2.45, 2.75) is 0 Å². The lowest BCUT2D eigenvalue weighted by atomic mass is 9.97. The fourth-order valence-electron chi connectivity index (χ4n) is 2.87. The number of nitrogens with zero attached hydrogens (tertiary/aromatic N) is 4. The van der Waals surface area contributed by atoms with Crippen LogP contribution in [0.1, 0.15) is 16.8 Å². The fourth-order valence-corrected chi connectivity index (χ4v) is 2.87. The second kappa shape index (κ2) is 5.53. The second-order valence-electron chi connectivity index (χ2n) is 5.25. The summed E-state index contributed by atoms with van der Waals surface area (Å²) in [4.78, 5) is 11.9.